The number of nitrogens with zero attached hydrogens (tertiary/aromatic N) is 1. The third-order valence-corrected chi connectivity index (χ3v) is 1.19. The second kappa shape index (κ2) is 8.41. The predicted molar refractivity (Wildman–Crippen MR) is 43.2 cm³/mol. The van der Waals surface area contributed by atoms with Gasteiger partial charge in [0.1, 0.15) is 0 Å². The van der Waals surface area contributed by atoms with Gasteiger partial charge in [0, 0.05) is 0 Å². The highest BCUT2D eigenvalue weighted by molar-refractivity contribution is 5.82. The van der Waals surface area contributed by atoms with Crippen molar-refractivity contribution in [3.63, 3.8) is 0 Å². The second-order valence-corrected chi connectivity index (χ2v) is 2.31. The fraction of sp³-hybridized carbons (Fsp3) is 0.500. The Morgan fingerprint density at radius 3 is 1.40 bits per heavy atom. The van der Waals surface area contributed by atoms with E-state index in [9.17, 15) is 14.4 Å². The van der Waals surface area contributed by atoms with E-state index in [1.54, 1.807) is 0 Å². The van der Waals surface area contributed by atoms with Gasteiger partial charge < -0.3 is 20.5 Å². The standard InChI is InChI=1S/C6H8O6.HNO2/c7-4(8)1-3(6(11)12)2-5(9)10;2-1-3/h3H,1-2H2,(H,7,8)(H,9,10)(H,11,12);(H,2,3). The monoisotopic (exact) mass is 223 g/mol. The highest BCUT2D eigenvalue weighted by atomic mass is 16.6. The maximum Gasteiger partial charge on any atom is 0.307 e. The Hall–Kier alpha value is -2.19. The lowest BCUT2D eigenvalue weighted by Gasteiger charge is -2.04. The van der Waals surface area contributed by atoms with E-state index in [-0.39, 0.29) is 0 Å². The summed E-state index contributed by atoms with van der Waals surface area (Å²) in [6, 6.07) is 0. The van der Waals surface area contributed by atoms with E-state index in [0.717, 1.165) is 0 Å². The molecule has 0 aliphatic carbocycles. The van der Waals surface area contributed by atoms with Crippen LogP contribution >= 0.6 is 0 Å². The molecule has 0 bridgehead atoms. The molecule has 0 heterocycles. The van der Waals surface area contributed by atoms with Crippen molar-refractivity contribution in [3.8, 4) is 0 Å². The minimum absolute atomic E-state index is 0.665. The normalized spacial score (nSPS) is 8.60. The van der Waals surface area contributed by atoms with Crippen LogP contribution in [-0.4, -0.2) is 38.4 Å². The van der Waals surface area contributed by atoms with Gasteiger partial charge in [-0.05, 0) is 0 Å². The zero-order valence-electron chi connectivity index (χ0n) is 7.36. The molecule has 0 spiro atoms. The Bertz CT molecular complexity index is 234. The largest absolute Gasteiger partial charge is 0.481 e. The molecule has 0 aromatic rings. The van der Waals surface area contributed by atoms with E-state index in [0.29, 0.717) is 0 Å². The van der Waals surface area contributed by atoms with Crippen molar-refractivity contribution in [1.29, 1.82) is 0 Å². The summed E-state index contributed by atoms with van der Waals surface area (Å²) >= 11 is 0. The molecule has 0 saturated heterocycles. The fourth-order valence-electron chi connectivity index (χ4n) is 0.668. The van der Waals surface area contributed by atoms with Gasteiger partial charge in [-0.3, -0.25) is 14.4 Å². The van der Waals surface area contributed by atoms with Crippen LogP contribution in [0.15, 0.2) is 5.34 Å². The van der Waals surface area contributed by atoms with Crippen molar-refractivity contribution in [2.45, 2.75) is 12.8 Å². The number of hydrogen-bond donors (Lipinski definition) is 4. The van der Waals surface area contributed by atoms with Gasteiger partial charge in [0.15, 0.2) is 5.34 Å². The topological polar surface area (TPSA) is 162 Å². The van der Waals surface area contributed by atoms with Gasteiger partial charge in [0.05, 0.1) is 18.8 Å². The molecular weight excluding hydrogens is 214 g/mol. The van der Waals surface area contributed by atoms with E-state index in [1.807, 2.05) is 0 Å². The van der Waals surface area contributed by atoms with Gasteiger partial charge in [0.25, 0.3) is 0 Å². The maximum absolute atomic E-state index is 10.2. The van der Waals surface area contributed by atoms with Crippen LogP contribution in [0.25, 0.3) is 0 Å². The molecule has 0 atom stereocenters. The molecule has 86 valence electrons. The fourth-order valence-corrected chi connectivity index (χ4v) is 0.668. The lowest BCUT2D eigenvalue weighted by Crippen LogP contribution is -2.20. The first-order valence-corrected chi connectivity index (χ1v) is 3.48. The van der Waals surface area contributed by atoms with Gasteiger partial charge in [-0.25, -0.2) is 0 Å². The third kappa shape index (κ3) is 11.8. The van der Waals surface area contributed by atoms with Crippen LogP contribution in [0.4, 0.5) is 0 Å². The van der Waals surface area contributed by atoms with Crippen LogP contribution in [0.5, 0.6) is 0 Å². The summed E-state index contributed by atoms with van der Waals surface area (Å²) in [6.45, 7) is 0. The molecule has 0 aliphatic heterocycles. The summed E-state index contributed by atoms with van der Waals surface area (Å²) in [5, 5.41) is 32.6. The van der Waals surface area contributed by atoms with Crippen molar-refractivity contribution in [2.24, 2.45) is 11.3 Å². The van der Waals surface area contributed by atoms with Crippen molar-refractivity contribution < 1.29 is 34.9 Å². The number of carboxylic acids is 3. The van der Waals surface area contributed by atoms with Gasteiger partial charge in [0.2, 0.25) is 0 Å². The molecule has 0 aliphatic rings. The molecule has 0 unspecified atom stereocenters. The predicted octanol–water partition coefficient (Wildman–Crippen LogP) is -0.221. The van der Waals surface area contributed by atoms with Crippen LogP contribution in [-0.2, 0) is 14.4 Å². The Morgan fingerprint density at radius 2 is 1.27 bits per heavy atom. The van der Waals surface area contributed by atoms with Crippen molar-refractivity contribution >= 4 is 17.9 Å². The molecule has 0 fully saturated rings. The molecule has 9 heteroatoms. The molecular formula is C6H9NO8. The summed E-state index contributed by atoms with van der Waals surface area (Å²) < 4.78 is 0. The number of carboxylic acid groups (broad SMARTS) is 3. The third-order valence-electron chi connectivity index (χ3n) is 1.19. The van der Waals surface area contributed by atoms with Gasteiger partial charge >= 0.3 is 17.9 Å². The molecule has 0 aromatic heterocycles. The van der Waals surface area contributed by atoms with E-state index < -0.39 is 36.7 Å². The summed E-state index contributed by atoms with van der Waals surface area (Å²) in [5.74, 6) is -5.38. The van der Waals surface area contributed by atoms with E-state index in [2.05, 4.69) is 0 Å². The van der Waals surface area contributed by atoms with E-state index >= 15 is 0 Å². The van der Waals surface area contributed by atoms with Crippen LogP contribution in [0, 0.1) is 10.8 Å². The van der Waals surface area contributed by atoms with Gasteiger partial charge in [-0.2, -0.15) is 0 Å². The molecule has 0 saturated carbocycles. The van der Waals surface area contributed by atoms with Crippen LogP contribution in [0.1, 0.15) is 12.8 Å². The summed E-state index contributed by atoms with van der Waals surface area (Å²) in [7, 11) is 0. The number of aliphatic carboxylic acids is 3. The lowest BCUT2D eigenvalue weighted by molar-refractivity contribution is -0.152. The quantitative estimate of drug-likeness (QED) is 0.367. The molecule has 0 rings (SSSR count). The molecule has 15 heavy (non-hydrogen) atoms. The SMILES string of the molecule is O=C(O)CC(CC(=O)O)C(=O)O.O=NO. The first-order chi connectivity index (χ1) is 6.84. The van der Waals surface area contributed by atoms with Gasteiger partial charge in [-0.1, -0.05) is 0 Å². The first kappa shape index (κ1) is 15.3. The molecule has 0 radical (unpaired) electrons. The summed E-state index contributed by atoms with van der Waals surface area (Å²) in [6.07, 6.45) is -1.33. The Balaban J connectivity index is 0. The van der Waals surface area contributed by atoms with E-state index in [4.69, 9.17) is 25.4 Å². The maximum atomic E-state index is 10.2. The van der Waals surface area contributed by atoms with Crippen molar-refractivity contribution in [3.05, 3.63) is 4.91 Å². The van der Waals surface area contributed by atoms with Crippen LogP contribution in [0.2, 0.25) is 0 Å². The van der Waals surface area contributed by atoms with E-state index in [1.165, 1.54) is 5.34 Å². The Labute approximate surface area is 82.9 Å². The zero-order chi connectivity index (χ0) is 12.4. The average Bonchev–Trinajstić information content (AvgIpc) is 2.02. The summed E-state index contributed by atoms with van der Waals surface area (Å²) in [4.78, 5) is 38.4. The Kier molecular flexibility index (Phi) is 8.57. The van der Waals surface area contributed by atoms with Gasteiger partial charge in [-0.15, -0.1) is 4.91 Å². The zero-order valence-corrected chi connectivity index (χ0v) is 7.36. The first-order valence-electron chi connectivity index (χ1n) is 3.48. The number of rotatable bonds is 5. The highest BCUT2D eigenvalue weighted by Gasteiger charge is 2.23. The number of carbonyl (C=O) groups is 3. The highest BCUT2D eigenvalue weighted by Crippen LogP contribution is 2.08. The minimum Gasteiger partial charge on any atom is -0.481 e. The molecule has 0 aromatic carbocycles. The Morgan fingerprint density at radius 1 is 1.00 bits per heavy atom. The molecule has 9 nitrogen and oxygen atoms in total. The minimum atomic E-state index is -1.40. The smallest absolute Gasteiger partial charge is 0.307 e. The second-order valence-electron chi connectivity index (χ2n) is 2.31. The lowest BCUT2D eigenvalue weighted by atomic mass is 10.0. The van der Waals surface area contributed by atoms with Crippen LogP contribution in [0.3, 0.4) is 0 Å². The molecule has 4 N–H and O–H groups in total. The van der Waals surface area contributed by atoms with Crippen LogP contribution < -0.4 is 0 Å². The van der Waals surface area contributed by atoms with Crippen molar-refractivity contribution in [1.82, 2.24) is 0 Å². The average molecular weight is 223 g/mol. The summed E-state index contributed by atoms with van der Waals surface area (Å²) in [5.41, 5.74) is 0. The van der Waals surface area contributed by atoms with Crippen molar-refractivity contribution in [2.75, 3.05) is 0 Å². The number of hydrogen-bond acceptors (Lipinski definition) is 5. The molecule has 0 amide bonds.